The van der Waals surface area contributed by atoms with E-state index in [-0.39, 0.29) is 32.5 Å². The van der Waals surface area contributed by atoms with Crippen LogP contribution in [-0.2, 0) is 44.7 Å². The van der Waals surface area contributed by atoms with E-state index >= 15 is 0 Å². The largest absolute Gasteiger partial charge is 0.497 e. The molecule has 9 nitrogen and oxygen atoms in total. The SMILES string of the molecule is COc1ccc(C/C(=C\CC(Cc2cccc(Cl)c2)C(=O)N2C(=O)OCC2Cc2ccccc2)C(=O)N2C(=O)OCC2Cc2ccccc2)cc1. The molecule has 0 radical (unpaired) electrons. The minimum atomic E-state index is -0.753. The maximum Gasteiger partial charge on any atom is 0.417 e. The van der Waals surface area contributed by atoms with Crippen molar-refractivity contribution in [1.29, 1.82) is 0 Å². The highest BCUT2D eigenvalue weighted by Gasteiger charge is 2.42. The van der Waals surface area contributed by atoms with E-state index in [0.29, 0.717) is 29.2 Å². The van der Waals surface area contributed by atoms with Crippen LogP contribution in [0.2, 0.25) is 5.02 Å². The maximum absolute atomic E-state index is 14.4. The Morgan fingerprint density at radius 2 is 1.33 bits per heavy atom. The van der Waals surface area contributed by atoms with Crippen LogP contribution < -0.4 is 4.74 Å². The quantitative estimate of drug-likeness (QED) is 0.135. The van der Waals surface area contributed by atoms with Gasteiger partial charge in [-0.2, -0.15) is 0 Å². The Morgan fingerprint density at radius 3 is 1.92 bits per heavy atom. The highest BCUT2D eigenvalue weighted by Crippen LogP contribution is 2.28. The lowest BCUT2D eigenvalue weighted by Crippen LogP contribution is -2.44. The number of amides is 4. The summed E-state index contributed by atoms with van der Waals surface area (Å²) >= 11 is 6.33. The summed E-state index contributed by atoms with van der Waals surface area (Å²) in [5, 5.41) is 0.518. The number of imide groups is 2. The number of rotatable bonds is 13. The summed E-state index contributed by atoms with van der Waals surface area (Å²) in [6.45, 7) is 0.158. The average molecular weight is 707 g/mol. The third kappa shape index (κ3) is 8.85. The molecule has 4 aromatic rings. The zero-order valence-corrected chi connectivity index (χ0v) is 29.0. The first-order valence-corrected chi connectivity index (χ1v) is 17.3. The summed E-state index contributed by atoms with van der Waals surface area (Å²) in [4.78, 5) is 57.4. The summed E-state index contributed by atoms with van der Waals surface area (Å²) in [5.74, 6) is -0.993. The Balaban J connectivity index is 1.32. The first kappa shape index (κ1) is 35.4. The molecule has 3 atom stereocenters. The summed E-state index contributed by atoms with van der Waals surface area (Å²) in [5.41, 5.74) is 3.88. The molecule has 4 aromatic carbocycles. The Hall–Kier alpha value is -5.41. The second-order valence-corrected chi connectivity index (χ2v) is 13.2. The van der Waals surface area contributed by atoms with Crippen molar-refractivity contribution in [2.24, 2.45) is 5.92 Å². The molecule has 51 heavy (non-hydrogen) atoms. The monoisotopic (exact) mass is 706 g/mol. The molecule has 0 spiro atoms. The average Bonchev–Trinajstić information content (AvgIpc) is 3.70. The Bertz CT molecular complexity index is 1880. The van der Waals surface area contributed by atoms with Gasteiger partial charge in [-0.3, -0.25) is 9.59 Å². The van der Waals surface area contributed by atoms with Crippen molar-refractivity contribution in [2.75, 3.05) is 20.3 Å². The lowest BCUT2D eigenvalue weighted by molar-refractivity contribution is -0.133. The van der Waals surface area contributed by atoms with Crippen LogP contribution in [0.15, 0.2) is 121 Å². The van der Waals surface area contributed by atoms with Crippen LogP contribution in [-0.4, -0.2) is 66.2 Å². The number of nitrogens with zero attached hydrogens (tertiary/aromatic N) is 2. The van der Waals surface area contributed by atoms with Gasteiger partial charge >= 0.3 is 12.2 Å². The maximum atomic E-state index is 14.4. The molecule has 262 valence electrons. The number of benzene rings is 4. The third-order valence-electron chi connectivity index (χ3n) is 9.20. The van der Waals surface area contributed by atoms with Crippen molar-refractivity contribution >= 4 is 35.6 Å². The van der Waals surface area contributed by atoms with E-state index in [0.717, 1.165) is 22.3 Å². The molecule has 0 saturated carbocycles. The van der Waals surface area contributed by atoms with E-state index in [1.165, 1.54) is 9.80 Å². The number of halogens is 1. The van der Waals surface area contributed by atoms with Crippen LogP contribution in [0.3, 0.4) is 0 Å². The summed E-state index contributed by atoms with van der Waals surface area (Å²) in [7, 11) is 1.58. The number of carbonyl (C=O) groups is 4. The molecule has 4 amide bonds. The molecule has 2 saturated heterocycles. The van der Waals surface area contributed by atoms with Gasteiger partial charge in [0.2, 0.25) is 5.91 Å². The zero-order chi connectivity index (χ0) is 35.7. The van der Waals surface area contributed by atoms with Crippen molar-refractivity contribution in [3.05, 3.63) is 148 Å². The van der Waals surface area contributed by atoms with Gasteiger partial charge in [0.1, 0.15) is 19.0 Å². The number of cyclic esters (lactones) is 2. The molecule has 3 unspecified atom stereocenters. The Labute approximate surface area is 302 Å². The lowest BCUT2D eigenvalue weighted by Gasteiger charge is -2.25. The minimum Gasteiger partial charge on any atom is -0.497 e. The molecule has 0 aromatic heterocycles. The molecule has 0 aliphatic carbocycles. The number of carbonyl (C=O) groups excluding carboxylic acids is 4. The lowest BCUT2D eigenvalue weighted by atomic mass is 9.91. The Morgan fingerprint density at radius 1 is 0.765 bits per heavy atom. The van der Waals surface area contributed by atoms with Crippen LogP contribution in [0.5, 0.6) is 5.75 Å². The topological polar surface area (TPSA) is 102 Å². The normalized spacial score (nSPS) is 18.0. The highest BCUT2D eigenvalue weighted by atomic mass is 35.5. The van der Waals surface area contributed by atoms with E-state index in [2.05, 4.69) is 0 Å². The third-order valence-corrected chi connectivity index (χ3v) is 9.44. The van der Waals surface area contributed by atoms with Crippen molar-refractivity contribution in [3.63, 3.8) is 0 Å². The van der Waals surface area contributed by atoms with E-state index < -0.39 is 42.0 Å². The van der Waals surface area contributed by atoms with Gasteiger partial charge in [0.25, 0.3) is 5.91 Å². The first-order valence-electron chi connectivity index (χ1n) is 16.9. The fourth-order valence-corrected chi connectivity index (χ4v) is 6.78. The zero-order valence-electron chi connectivity index (χ0n) is 28.3. The summed E-state index contributed by atoms with van der Waals surface area (Å²) in [6, 6.07) is 32.8. The molecule has 2 fully saturated rings. The molecule has 2 aliphatic heterocycles. The fraction of sp³-hybridized carbons (Fsp3) is 0.268. The van der Waals surface area contributed by atoms with Gasteiger partial charge in [-0.15, -0.1) is 0 Å². The van der Waals surface area contributed by atoms with Crippen LogP contribution >= 0.6 is 11.6 Å². The minimum absolute atomic E-state index is 0.0744. The summed E-state index contributed by atoms with van der Waals surface area (Å²) in [6.07, 6.45) is 1.74. The van der Waals surface area contributed by atoms with Crippen molar-refractivity contribution in [3.8, 4) is 5.75 Å². The molecular weight excluding hydrogens is 668 g/mol. The van der Waals surface area contributed by atoms with Crippen LogP contribution in [0, 0.1) is 5.92 Å². The van der Waals surface area contributed by atoms with Gasteiger partial charge in [-0.05, 0) is 72.2 Å². The van der Waals surface area contributed by atoms with Crippen LogP contribution in [0.4, 0.5) is 9.59 Å². The van der Waals surface area contributed by atoms with Gasteiger partial charge in [0, 0.05) is 22.9 Å². The smallest absolute Gasteiger partial charge is 0.417 e. The number of hydrogen-bond acceptors (Lipinski definition) is 7. The Kier molecular flexibility index (Phi) is 11.5. The van der Waals surface area contributed by atoms with E-state index in [9.17, 15) is 19.2 Å². The number of hydrogen-bond donors (Lipinski definition) is 0. The van der Waals surface area contributed by atoms with Gasteiger partial charge in [0.05, 0.1) is 19.2 Å². The number of allylic oxidation sites excluding steroid dienone is 1. The molecule has 6 rings (SSSR count). The van der Waals surface area contributed by atoms with Gasteiger partial charge < -0.3 is 14.2 Å². The van der Waals surface area contributed by atoms with Gasteiger partial charge in [0.15, 0.2) is 0 Å². The standard InChI is InChI=1S/C41H39ClN2O7/c1-49-37-19-15-30(16-20-37)21-32(38(45)43-35(26-50-40(43)47)24-28-9-4-2-5-10-28)17-18-33(22-31-13-8-14-34(42)23-31)39(46)44-36(27-51-41(44)48)25-29-11-6-3-7-12-29/h2-17,19-20,23,33,35-36H,18,21-22,24-27H2,1H3/b32-17+. The van der Waals surface area contributed by atoms with E-state index in [1.54, 1.807) is 37.5 Å². The van der Waals surface area contributed by atoms with Crippen molar-refractivity contribution in [1.82, 2.24) is 9.80 Å². The predicted octanol–water partition coefficient (Wildman–Crippen LogP) is 7.25. The molecule has 0 bridgehead atoms. The van der Waals surface area contributed by atoms with Crippen LogP contribution in [0.25, 0.3) is 0 Å². The molecule has 2 heterocycles. The van der Waals surface area contributed by atoms with Crippen molar-refractivity contribution in [2.45, 2.75) is 44.2 Å². The number of ether oxygens (including phenoxy) is 3. The fourth-order valence-electron chi connectivity index (χ4n) is 6.57. The summed E-state index contributed by atoms with van der Waals surface area (Å²) < 4.78 is 16.1. The second-order valence-electron chi connectivity index (χ2n) is 12.7. The van der Waals surface area contributed by atoms with E-state index in [4.69, 9.17) is 25.8 Å². The van der Waals surface area contributed by atoms with E-state index in [1.807, 2.05) is 84.9 Å². The predicted molar refractivity (Wildman–Crippen MR) is 192 cm³/mol. The van der Waals surface area contributed by atoms with Crippen molar-refractivity contribution < 1.29 is 33.4 Å². The molecule has 0 N–H and O–H groups in total. The molecular formula is C41H39ClN2O7. The van der Waals surface area contributed by atoms with Crippen LogP contribution in [0.1, 0.15) is 28.7 Å². The molecule has 10 heteroatoms. The molecule has 2 aliphatic rings. The first-order chi connectivity index (χ1) is 24.8. The van der Waals surface area contributed by atoms with Gasteiger partial charge in [-0.1, -0.05) is 103 Å². The number of methoxy groups -OCH3 is 1. The second kappa shape index (κ2) is 16.5. The van der Waals surface area contributed by atoms with Gasteiger partial charge in [-0.25, -0.2) is 19.4 Å². The highest BCUT2D eigenvalue weighted by molar-refractivity contribution is 6.30.